The number of hydrogen-bond donors (Lipinski definition) is 4. The van der Waals surface area contributed by atoms with Gasteiger partial charge in [-0.15, -0.1) is 11.3 Å². The Bertz CT molecular complexity index is 843. The lowest BCUT2D eigenvalue weighted by molar-refractivity contribution is 0.0783. The van der Waals surface area contributed by atoms with Gasteiger partial charge in [0.15, 0.2) is 0 Å². The first-order valence-electron chi connectivity index (χ1n) is 9.08. The molecule has 2 aliphatic rings. The van der Waals surface area contributed by atoms with Crippen molar-refractivity contribution in [2.24, 2.45) is 10.9 Å². The van der Waals surface area contributed by atoms with E-state index < -0.39 is 11.6 Å². The fraction of sp³-hybridized carbons (Fsp3) is 0.474. The molecule has 2 aromatic rings. The second-order valence-corrected chi connectivity index (χ2v) is 9.34. The molecule has 1 aromatic carbocycles. The number of primary amides is 1. The molecule has 0 aliphatic heterocycles. The van der Waals surface area contributed by atoms with Crippen LogP contribution in [-0.4, -0.2) is 16.1 Å². The SMILES string of the molecule is CC(C)(O)c1ncc(SN)s1.NC(=O)Nc1cc2c(c3c1CCC3)CCC2. The molecule has 0 saturated carbocycles. The van der Waals surface area contributed by atoms with E-state index in [9.17, 15) is 9.90 Å². The Kier molecular flexibility index (Phi) is 6.10. The van der Waals surface area contributed by atoms with Crippen LogP contribution in [0.3, 0.4) is 0 Å². The number of aliphatic hydroxyl groups is 1. The number of aromatic nitrogens is 1. The van der Waals surface area contributed by atoms with Crippen LogP contribution in [0.5, 0.6) is 0 Å². The Morgan fingerprint density at radius 1 is 1.22 bits per heavy atom. The molecule has 0 spiro atoms. The number of nitrogens with two attached hydrogens (primary N) is 2. The third kappa shape index (κ3) is 4.63. The van der Waals surface area contributed by atoms with Gasteiger partial charge in [0.05, 0.1) is 10.4 Å². The van der Waals surface area contributed by atoms with Crippen molar-refractivity contribution in [2.75, 3.05) is 5.32 Å². The topological polar surface area (TPSA) is 114 Å². The van der Waals surface area contributed by atoms with Gasteiger partial charge in [0.1, 0.15) is 10.6 Å². The number of amides is 2. The van der Waals surface area contributed by atoms with Crippen molar-refractivity contribution >= 4 is 35.0 Å². The molecule has 1 heterocycles. The summed E-state index contributed by atoms with van der Waals surface area (Å²) in [6.45, 7) is 3.41. The first kappa shape index (κ1) is 20.1. The zero-order chi connectivity index (χ0) is 19.6. The number of thiazole rings is 1. The lowest BCUT2D eigenvalue weighted by atomic mass is 9.98. The summed E-state index contributed by atoms with van der Waals surface area (Å²) < 4.78 is 0.919. The van der Waals surface area contributed by atoms with Gasteiger partial charge in [0, 0.05) is 5.69 Å². The van der Waals surface area contributed by atoms with Crippen LogP contribution < -0.4 is 16.2 Å². The minimum absolute atomic E-state index is 0.452. The molecule has 146 valence electrons. The normalized spacial score (nSPS) is 15.0. The molecule has 2 aliphatic carbocycles. The Morgan fingerprint density at radius 2 is 1.89 bits per heavy atom. The number of carbonyl (C=O) groups is 1. The fourth-order valence-corrected chi connectivity index (χ4v) is 4.94. The standard InChI is InChI=1S/C13H16N2O.C6H10N2OS2/c14-13(16)15-12-7-8-3-1-4-9(8)10-5-2-6-11(10)12;1-6(2,9)5-8-3-4(10-5)11-7/h7H,1-6H2,(H3,14,15,16);3,9H,7H2,1-2H3. The van der Waals surface area contributed by atoms with Gasteiger partial charge in [-0.2, -0.15) is 0 Å². The van der Waals surface area contributed by atoms with Gasteiger partial charge in [0.2, 0.25) is 0 Å². The average molecular weight is 407 g/mol. The van der Waals surface area contributed by atoms with Crippen molar-refractivity contribution in [3.05, 3.63) is 39.5 Å². The maximum absolute atomic E-state index is 11.0. The molecule has 6 nitrogen and oxygen atoms in total. The number of carbonyl (C=O) groups excluding carboxylic acids is 1. The first-order valence-corrected chi connectivity index (χ1v) is 10.8. The van der Waals surface area contributed by atoms with E-state index >= 15 is 0 Å². The molecule has 0 unspecified atom stereocenters. The molecule has 1 aromatic heterocycles. The summed E-state index contributed by atoms with van der Waals surface area (Å²) in [6.07, 6.45) is 8.75. The lowest BCUT2D eigenvalue weighted by Crippen LogP contribution is -2.20. The number of fused-ring (bicyclic) bond motifs is 3. The van der Waals surface area contributed by atoms with E-state index in [-0.39, 0.29) is 0 Å². The third-order valence-electron chi connectivity index (χ3n) is 4.87. The van der Waals surface area contributed by atoms with Gasteiger partial charge in [-0.05, 0) is 92.6 Å². The van der Waals surface area contributed by atoms with Gasteiger partial charge in [-0.1, -0.05) is 0 Å². The van der Waals surface area contributed by atoms with Crippen molar-refractivity contribution < 1.29 is 9.90 Å². The van der Waals surface area contributed by atoms with Gasteiger partial charge in [-0.3, -0.25) is 5.14 Å². The van der Waals surface area contributed by atoms with E-state index in [1.165, 1.54) is 53.7 Å². The minimum atomic E-state index is -0.849. The second kappa shape index (κ2) is 8.18. The van der Waals surface area contributed by atoms with Gasteiger partial charge in [-0.25, -0.2) is 9.78 Å². The number of benzene rings is 1. The average Bonchev–Trinajstić information content (AvgIpc) is 3.33. The number of aryl methyl sites for hydroxylation is 1. The van der Waals surface area contributed by atoms with Crippen LogP contribution in [0, 0.1) is 0 Å². The Balaban J connectivity index is 0.000000168. The molecule has 0 saturated heterocycles. The van der Waals surface area contributed by atoms with Crippen LogP contribution >= 0.6 is 23.3 Å². The first-order chi connectivity index (χ1) is 12.8. The molecule has 27 heavy (non-hydrogen) atoms. The maximum Gasteiger partial charge on any atom is 0.316 e. The van der Waals surface area contributed by atoms with Crippen molar-refractivity contribution in [3.63, 3.8) is 0 Å². The molecule has 4 rings (SSSR count). The summed E-state index contributed by atoms with van der Waals surface area (Å²) in [6, 6.07) is 1.68. The predicted octanol–water partition coefficient (Wildman–Crippen LogP) is 3.49. The van der Waals surface area contributed by atoms with Gasteiger partial charge < -0.3 is 16.2 Å². The van der Waals surface area contributed by atoms with E-state index in [4.69, 9.17) is 10.9 Å². The largest absolute Gasteiger partial charge is 0.383 e. The van der Waals surface area contributed by atoms with E-state index in [1.54, 1.807) is 25.6 Å². The van der Waals surface area contributed by atoms with Crippen molar-refractivity contribution in [1.82, 2.24) is 4.98 Å². The van der Waals surface area contributed by atoms with Crippen LogP contribution in [0.15, 0.2) is 16.5 Å². The highest BCUT2D eigenvalue weighted by Crippen LogP contribution is 2.38. The predicted molar refractivity (Wildman–Crippen MR) is 111 cm³/mol. The molecule has 8 heteroatoms. The van der Waals surface area contributed by atoms with Crippen LogP contribution in [-0.2, 0) is 31.3 Å². The molecular weight excluding hydrogens is 380 g/mol. The molecule has 0 radical (unpaired) electrons. The maximum atomic E-state index is 11.0. The summed E-state index contributed by atoms with van der Waals surface area (Å²) in [5.41, 5.74) is 11.1. The number of nitrogens with one attached hydrogen (secondary N) is 1. The number of anilines is 1. The van der Waals surface area contributed by atoms with Crippen molar-refractivity contribution in [3.8, 4) is 0 Å². The van der Waals surface area contributed by atoms with Gasteiger partial charge in [0.25, 0.3) is 0 Å². The smallest absolute Gasteiger partial charge is 0.316 e. The van der Waals surface area contributed by atoms with Gasteiger partial charge >= 0.3 is 6.03 Å². The third-order valence-corrected chi connectivity index (χ3v) is 6.85. The van der Waals surface area contributed by atoms with E-state index in [0.29, 0.717) is 5.01 Å². The molecule has 0 fully saturated rings. The zero-order valence-corrected chi connectivity index (χ0v) is 17.3. The van der Waals surface area contributed by atoms with Crippen LogP contribution in [0.2, 0.25) is 0 Å². The molecular formula is C19H26N4O2S2. The van der Waals surface area contributed by atoms with Crippen LogP contribution in [0.1, 0.15) is 54.0 Å². The quantitative estimate of drug-likeness (QED) is 0.583. The Labute approximate surface area is 167 Å². The van der Waals surface area contributed by atoms with Crippen LogP contribution in [0.4, 0.5) is 10.5 Å². The zero-order valence-electron chi connectivity index (χ0n) is 15.7. The summed E-state index contributed by atoms with van der Waals surface area (Å²) in [4.78, 5) is 15.0. The molecule has 0 bridgehead atoms. The second-order valence-electron chi connectivity index (χ2n) is 7.38. The molecule has 2 amide bonds. The Morgan fingerprint density at radius 3 is 2.48 bits per heavy atom. The highest BCUT2D eigenvalue weighted by molar-refractivity contribution is 7.99. The Hall–Kier alpha value is -1.61. The van der Waals surface area contributed by atoms with Crippen molar-refractivity contribution in [2.45, 2.75) is 62.2 Å². The molecule has 6 N–H and O–H groups in total. The number of rotatable bonds is 3. The van der Waals surface area contributed by atoms with E-state index in [1.807, 2.05) is 0 Å². The lowest BCUT2D eigenvalue weighted by Gasteiger charge is -2.13. The summed E-state index contributed by atoms with van der Waals surface area (Å²) >= 11 is 2.57. The number of urea groups is 1. The van der Waals surface area contributed by atoms with Crippen LogP contribution in [0.25, 0.3) is 0 Å². The summed E-state index contributed by atoms with van der Waals surface area (Å²) in [5, 5.41) is 18.3. The number of hydrogen-bond acceptors (Lipinski definition) is 6. The highest BCUT2D eigenvalue weighted by atomic mass is 32.2. The molecule has 0 atom stereocenters. The highest BCUT2D eigenvalue weighted by Gasteiger charge is 2.24. The summed E-state index contributed by atoms with van der Waals surface area (Å²) in [5.74, 6) is 0. The van der Waals surface area contributed by atoms with E-state index in [2.05, 4.69) is 16.4 Å². The monoisotopic (exact) mass is 406 g/mol. The minimum Gasteiger partial charge on any atom is -0.383 e. The fourth-order valence-electron chi connectivity index (χ4n) is 3.75. The number of nitrogens with zero attached hydrogens (tertiary/aromatic N) is 1. The van der Waals surface area contributed by atoms with Crippen molar-refractivity contribution in [1.29, 1.82) is 0 Å². The summed E-state index contributed by atoms with van der Waals surface area (Å²) in [7, 11) is 0. The van der Waals surface area contributed by atoms with E-state index in [0.717, 1.165) is 34.7 Å².